The number of rotatable bonds is 2. The summed E-state index contributed by atoms with van der Waals surface area (Å²) >= 11 is 0. The third kappa shape index (κ3) is 2.20. The fourth-order valence-electron chi connectivity index (χ4n) is 1.47. The molecule has 0 spiro atoms. The standard InChI is InChI=1S/C11H11F2N3O/c1-6-10(14)11(16(2)15-6)17-9-4-7(12)3-8(13)5-9/h3-5H,14H2,1-2H3. The van der Waals surface area contributed by atoms with Crippen LogP contribution in [0.5, 0.6) is 11.6 Å². The second-order valence-electron chi connectivity index (χ2n) is 3.64. The van der Waals surface area contributed by atoms with E-state index in [4.69, 9.17) is 10.5 Å². The van der Waals surface area contributed by atoms with E-state index in [1.165, 1.54) is 4.68 Å². The van der Waals surface area contributed by atoms with Crippen LogP contribution in [-0.4, -0.2) is 9.78 Å². The Bertz CT molecular complexity index is 546. The van der Waals surface area contributed by atoms with Crippen LogP contribution in [0, 0.1) is 18.6 Å². The van der Waals surface area contributed by atoms with E-state index in [1.807, 2.05) is 0 Å². The molecule has 2 rings (SSSR count). The van der Waals surface area contributed by atoms with E-state index in [0.717, 1.165) is 18.2 Å². The summed E-state index contributed by atoms with van der Waals surface area (Å²) in [4.78, 5) is 0. The van der Waals surface area contributed by atoms with Gasteiger partial charge in [0.25, 0.3) is 0 Å². The van der Waals surface area contributed by atoms with E-state index in [0.29, 0.717) is 11.4 Å². The number of aryl methyl sites for hydroxylation is 2. The SMILES string of the molecule is Cc1nn(C)c(Oc2cc(F)cc(F)c2)c1N. The van der Waals surface area contributed by atoms with Crippen molar-refractivity contribution in [3.63, 3.8) is 0 Å². The van der Waals surface area contributed by atoms with Gasteiger partial charge in [0, 0.05) is 25.2 Å². The van der Waals surface area contributed by atoms with Gasteiger partial charge < -0.3 is 10.5 Å². The normalized spacial score (nSPS) is 10.6. The summed E-state index contributed by atoms with van der Waals surface area (Å²) in [6.45, 7) is 1.72. The molecule has 0 fully saturated rings. The van der Waals surface area contributed by atoms with E-state index in [2.05, 4.69) is 5.10 Å². The fourth-order valence-corrected chi connectivity index (χ4v) is 1.47. The third-order valence-corrected chi connectivity index (χ3v) is 2.26. The minimum absolute atomic E-state index is 0.0391. The maximum absolute atomic E-state index is 13.0. The van der Waals surface area contributed by atoms with Crippen LogP contribution in [0.4, 0.5) is 14.5 Å². The molecular formula is C11H11F2N3O. The van der Waals surface area contributed by atoms with E-state index in [9.17, 15) is 8.78 Å². The van der Waals surface area contributed by atoms with Crippen LogP contribution in [0.25, 0.3) is 0 Å². The lowest BCUT2D eigenvalue weighted by molar-refractivity contribution is 0.424. The summed E-state index contributed by atoms with van der Waals surface area (Å²) in [5.41, 5.74) is 6.67. The number of halogens is 2. The number of nitrogen functional groups attached to an aromatic ring is 1. The Morgan fingerprint density at radius 1 is 1.24 bits per heavy atom. The van der Waals surface area contributed by atoms with Crippen LogP contribution in [-0.2, 0) is 7.05 Å². The molecule has 90 valence electrons. The van der Waals surface area contributed by atoms with Gasteiger partial charge in [-0.25, -0.2) is 13.5 Å². The van der Waals surface area contributed by atoms with Gasteiger partial charge in [-0.1, -0.05) is 0 Å². The molecule has 2 aromatic rings. The Morgan fingerprint density at radius 2 is 1.82 bits per heavy atom. The second kappa shape index (κ2) is 4.04. The van der Waals surface area contributed by atoms with Gasteiger partial charge in [-0.3, -0.25) is 0 Å². The largest absolute Gasteiger partial charge is 0.437 e. The molecule has 4 nitrogen and oxygen atoms in total. The smallest absolute Gasteiger partial charge is 0.241 e. The van der Waals surface area contributed by atoms with E-state index in [1.54, 1.807) is 14.0 Å². The molecule has 0 atom stereocenters. The first-order chi connectivity index (χ1) is 7.97. The molecule has 0 aliphatic carbocycles. The third-order valence-electron chi connectivity index (χ3n) is 2.26. The van der Waals surface area contributed by atoms with Crippen molar-refractivity contribution in [3.8, 4) is 11.6 Å². The summed E-state index contributed by atoms with van der Waals surface area (Å²) in [5.74, 6) is -1.13. The molecule has 0 saturated carbocycles. The summed E-state index contributed by atoms with van der Waals surface area (Å²) in [6.07, 6.45) is 0. The topological polar surface area (TPSA) is 53.1 Å². The molecule has 1 aromatic carbocycles. The van der Waals surface area contributed by atoms with Gasteiger partial charge in [-0.15, -0.1) is 0 Å². The molecule has 1 aromatic heterocycles. The van der Waals surface area contributed by atoms with E-state index < -0.39 is 11.6 Å². The summed E-state index contributed by atoms with van der Waals surface area (Å²) in [5, 5.41) is 4.03. The van der Waals surface area contributed by atoms with E-state index in [-0.39, 0.29) is 11.6 Å². The Kier molecular flexibility index (Phi) is 2.71. The molecule has 0 aliphatic rings. The van der Waals surface area contributed by atoms with Crippen molar-refractivity contribution in [3.05, 3.63) is 35.5 Å². The van der Waals surface area contributed by atoms with Crippen molar-refractivity contribution >= 4 is 5.69 Å². The van der Waals surface area contributed by atoms with Crippen LogP contribution < -0.4 is 10.5 Å². The van der Waals surface area contributed by atoms with Crippen molar-refractivity contribution in [1.29, 1.82) is 0 Å². The van der Waals surface area contributed by atoms with Gasteiger partial charge in [0.1, 0.15) is 23.1 Å². The van der Waals surface area contributed by atoms with Gasteiger partial charge >= 0.3 is 0 Å². The molecule has 17 heavy (non-hydrogen) atoms. The van der Waals surface area contributed by atoms with Crippen molar-refractivity contribution in [2.24, 2.45) is 7.05 Å². The number of benzene rings is 1. The lowest BCUT2D eigenvalue weighted by atomic mass is 10.3. The maximum Gasteiger partial charge on any atom is 0.241 e. The quantitative estimate of drug-likeness (QED) is 0.875. The number of nitrogens with zero attached hydrogens (tertiary/aromatic N) is 2. The summed E-state index contributed by atoms with van der Waals surface area (Å²) in [6, 6.07) is 2.92. The molecular weight excluding hydrogens is 228 g/mol. The average Bonchev–Trinajstić information content (AvgIpc) is 2.44. The highest BCUT2D eigenvalue weighted by Crippen LogP contribution is 2.29. The first-order valence-electron chi connectivity index (χ1n) is 4.90. The Labute approximate surface area is 96.6 Å². The molecule has 1 heterocycles. The van der Waals surface area contributed by atoms with Crippen molar-refractivity contribution in [2.75, 3.05) is 5.73 Å². The van der Waals surface area contributed by atoms with Crippen LogP contribution in [0.15, 0.2) is 18.2 Å². The van der Waals surface area contributed by atoms with Crippen molar-refractivity contribution in [1.82, 2.24) is 9.78 Å². The zero-order chi connectivity index (χ0) is 12.6. The van der Waals surface area contributed by atoms with Crippen molar-refractivity contribution in [2.45, 2.75) is 6.92 Å². The number of ether oxygens (including phenoxy) is 1. The number of aromatic nitrogens is 2. The molecule has 0 bridgehead atoms. The molecule has 0 saturated heterocycles. The minimum atomic E-state index is -0.711. The highest BCUT2D eigenvalue weighted by atomic mass is 19.1. The Balaban J connectivity index is 2.37. The van der Waals surface area contributed by atoms with Crippen LogP contribution in [0.1, 0.15) is 5.69 Å². The van der Waals surface area contributed by atoms with Gasteiger partial charge in [-0.05, 0) is 6.92 Å². The Hall–Kier alpha value is -2.11. The number of nitrogens with two attached hydrogens (primary N) is 1. The zero-order valence-electron chi connectivity index (χ0n) is 9.37. The highest BCUT2D eigenvalue weighted by molar-refractivity contribution is 5.53. The average molecular weight is 239 g/mol. The number of hydrogen-bond donors (Lipinski definition) is 1. The minimum Gasteiger partial charge on any atom is -0.437 e. The predicted octanol–water partition coefficient (Wildman–Crippen LogP) is 2.38. The summed E-state index contributed by atoms with van der Waals surface area (Å²) in [7, 11) is 1.63. The Morgan fingerprint density at radius 3 is 2.29 bits per heavy atom. The first-order valence-corrected chi connectivity index (χ1v) is 4.90. The molecule has 0 aliphatic heterocycles. The van der Waals surface area contributed by atoms with Crippen LogP contribution in [0.3, 0.4) is 0 Å². The first kappa shape index (κ1) is 11.4. The predicted molar refractivity (Wildman–Crippen MR) is 58.8 cm³/mol. The van der Waals surface area contributed by atoms with E-state index >= 15 is 0 Å². The zero-order valence-corrected chi connectivity index (χ0v) is 9.37. The highest BCUT2D eigenvalue weighted by Gasteiger charge is 2.13. The molecule has 0 unspecified atom stereocenters. The van der Waals surface area contributed by atoms with Gasteiger partial charge in [-0.2, -0.15) is 5.10 Å². The number of anilines is 1. The maximum atomic E-state index is 13.0. The second-order valence-corrected chi connectivity index (χ2v) is 3.64. The van der Waals surface area contributed by atoms with Gasteiger partial charge in [0.2, 0.25) is 5.88 Å². The lowest BCUT2D eigenvalue weighted by Gasteiger charge is -2.06. The molecule has 0 amide bonds. The monoisotopic (exact) mass is 239 g/mol. The molecule has 2 N–H and O–H groups in total. The van der Waals surface area contributed by atoms with Gasteiger partial charge in [0.05, 0.1) is 5.69 Å². The van der Waals surface area contributed by atoms with Crippen LogP contribution >= 0.6 is 0 Å². The number of hydrogen-bond acceptors (Lipinski definition) is 3. The van der Waals surface area contributed by atoms with Crippen LogP contribution in [0.2, 0.25) is 0 Å². The fraction of sp³-hybridized carbons (Fsp3) is 0.182. The lowest BCUT2D eigenvalue weighted by Crippen LogP contribution is -1.97. The molecule has 6 heteroatoms. The summed E-state index contributed by atoms with van der Waals surface area (Å²) < 4.78 is 32.7. The van der Waals surface area contributed by atoms with Gasteiger partial charge in [0.15, 0.2) is 0 Å². The van der Waals surface area contributed by atoms with Crippen molar-refractivity contribution < 1.29 is 13.5 Å². The molecule has 0 radical (unpaired) electrons.